The lowest BCUT2D eigenvalue weighted by atomic mass is 9.89. The van der Waals surface area contributed by atoms with Crippen LogP contribution in [-0.2, 0) is 9.59 Å². The van der Waals surface area contributed by atoms with Gasteiger partial charge in [-0.05, 0) is 57.4 Å². The van der Waals surface area contributed by atoms with Crippen LogP contribution in [0.25, 0.3) is 0 Å². The molecular weight excluding hydrogens is 302 g/mol. The fourth-order valence-electron chi connectivity index (χ4n) is 4.04. The Labute approximate surface area is 146 Å². The largest absolute Gasteiger partial charge is 0.356 e. The highest BCUT2D eigenvalue weighted by atomic mass is 16.2. The number of rotatable bonds is 9. The van der Waals surface area contributed by atoms with Crippen LogP contribution in [-0.4, -0.2) is 30.9 Å². The van der Waals surface area contributed by atoms with Crippen molar-refractivity contribution in [2.45, 2.75) is 83.1 Å². The Hall–Kier alpha value is -1.10. The van der Waals surface area contributed by atoms with Gasteiger partial charge in [-0.1, -0.05) is 25.7 Å². The summed E-state index contributed by atoms with van der Waals surface area (Å²) in [6, 6.07) is 0.178. The van der Waals surface area contributed by atoms with Crippen LogP contribution in [0.1, 0.15) is 77.0 Å². The summed E-state index contributed by atoms with van der Waals surface area (Å²) in [5.41, 5.74) is 5.45. The lowest BCUT2D eigenvalue weighted by molar-refractivity contribution is -0.125. The van der Waals surface area contributed by atoms with E-state index >= 15 is 0 Å². The highest BCUT2D eigenvalue weighted by Gasteiger charge is 2.30. The minimum Gasteiger partial charge on any atom is -0.356 e. The van der Waals surface area contributed by atoms with Gasteiger partial charge in [0.25, 0.3) is 0 Å². The topological polar surface area (TPSA) is 84.2 Å². The molecule has 0 radical (unpaired) electrons. The highest BCUT2D eigenvalue weighted by Crippen LogP contribution is 2.27. The first-order valence-corrected chi connectivity index (χ1v) is 9.96. The van der Waals surface area contributed by atoms with E-state index in [-0.39, 0.29) is 23.8 Å². The van der Waals surface area contributed by atoms with Gasteiger partial charge in [0.1, 0.15) is 0 Å². The smallest absolute Gasteiger partial charge is 0.223 e. The van der Waals surface area contributed by atoms with E-state index in [1.807, 2.05) is 0 Å². The van der Waals surface area contributed by atoms with Crippen LogP contribution in [0.2, 0.25) is 0 Å². The Kier molecular flexibility index (Phi) is 8.57. The molecule has 0 saturated heterocycles. The number of unbranched alkanes of at least 4 members (excludes halogenated alkanes) is 2. The molecule has 0 spiro atoms. The molecule has 2 atom stereocenters. The Morgan fingerprint density at radius 3 is 2.50 bits per heavy atom. The molecule has 24 heavy (non-hydrogen) atoms. The maximum absolute atomic E-state index is 12.3. The molecule has 5 heteroatoms. The first-order chi connectivity index (χ1) is 11.7. The quantitative estimate of drug-likeness (QED) is 0.565. The van der Waals surface area contributed by atoms with Gasteiger partial charge < -0.3 is 16.4 Å². The van der Waals surface area contributed by atoms with Gasteiger partial charge in [0.2, 0.25) is 11.8 Å². The first kappa shape index (κ1) is 19.2. The van der Waals surface area contributed by atoms with Gasteiger partial charge in [0, 0.05) is 24.9 Å². The van der Waals surface area contributed by atoms with Crippen molar-refractivity contribution in [1.82, 2.24) is 10.6 Å². The summed E-state index contributed by atoms with van der Waals surface area (Å²) in [4.78, 5) is 24.3. The fourth-order valence-corrected chi connectivity index (χ4v) is 4.04. The summed E-state index contributed by atoms with van der Waals surface area (Å²) in [7, 11) is 0. The lowest BCUT2D eigenvalue weighted by Gasteiger charge is -2.22. The molecule has 0 bridgehead atoms. The number of hydrogen-bond donors (Lipinski definition) is 3. The number of carbonyl (C=O) groups excluding carboxylic acids is 2. The zero-order chi connectivity index (χ0) is 17.2. The molecule has 2 fully saturated rings. The second kappa shape index (κ2) is 10.7. The summed E-state index contributed by atoms with van der Waals surface area (Å²) in [6.45, 7) is 1.54. The van der Waals surface area contributed by atoms with Crippen molar-refractivity contribution in [3.8, 4) is 0 Å². The van der Waals surface area contributed by atoms with E-state index in [9.17, 15) is 9.59 Å². The van der Waals surface area contributed by atoms with Crippen molar-refractivity contribution in [2.24, 2.45) is 17.6 Å². The standard InChI is InChI=1S/C19H35N3O2/c20-12-6-2-5-9-18(23)22-17-11-10-16(13-17)19(24)21-14-15-7-3-1-4-8-15/h15-17H,1-14,20H2,(H,21,24)(H,22,23)/t16-,17+/m0/s1. The Balaban J connectivity index is 1.59. The van der Waals surface area contributed by atoms with Gasteiger partial charge >= 0.3 is 0 Å². The monoisotopic (exact) mass is 337 g/mol. The summed E-state index contributed by atoms with van der Waals surface area (Å²) in [5, 5.41) is 6.25. The van der Waals surface area contributed by atoms with Gasteiger partial charge in [-0.25, -0.2) is 0 Å². The third-order valence-corrected chi connectivity index (χ3v) is 5.57. The molecule has 0 aliphatic heterocycles. The van der Waals surface area contributed by atoms with E-state index in [1.54, 1.807) is 0 Å². The molecule has 0 aromatic rings. The first-order valence-electron chi connectivity index (χ1n) is 9.96. The van der Waals surface area contributed by atoms with E-state index in [2.05, 4.69) is 10.6 Å². The zero-order valence-electron chi connectivity index (χ0n) is 15.0. The van der Waals surface area contributed by atoms with Crippen LogP contribution in [0.15, 0.2) is 0 Å². The van der Waals surface area contributed by atoms with Crippen molar-refractivity contribution in [1.29, 1.82) is 0 Å². The minimum atomic E-state index is 0.0798. The third-order valence-electron chi connectivity index (χ3n) is 5.57. The fraction of sp³-hybridized carbons (Fsp3) is 0.895. The van der Waals surface area contributed by atoms with Crippen molar-refractivity contribution in [2.75, 3.05) is 13.1 Å². The van der Waals surface area contributed by atoms with Crippen LogP contribution in [0.3, 0.4) is 0 Å². The average Bonchev–Trinajstić information content (AvgIpc) is 3.06. The van der Waals surface area contributed by atoms with Crippen LogP contribution >= 0.6 is 0 Å². The molecule has 2 amide bonds. The van der Waals surface area contributed by atoms with E-state index in [0.29, 0.717) is 18.9 Å². The summed E-state index contributed by atoms with van der Waals surface area (Å²) in [5.74, 6) is 1.07. The van der Waals surface area contributed by atoms with Crippen molar-refractivity contribution >= 4 is 11.8 Å². The van der Waals surface area contributed by atoms with Crippen molar-refractivity contribution in [3.63, 3.8) is 0 Å². The molecule has 2 aliphatic carbocycles. The van der Waals surface area contributed by atoms with Gasteiger partial charge in [0.15, 0.2) is 0 Å². The minimum absolute atomic E-state index is 0.0798. The highest BCUT2D eigenvalue weighted by molar-refractivity contribution is 5.79. The number of nitrogens with two attached hydrogens (primary N) is 1. The summed E-state index contributed by atoms with van der Waals surface area (Å²) >= 11 is 0. The molecule has 0 aromatic heterocycles. The van der Waals surface area contributed by atoms with Crippen molar-refractivity contribution in [3.05, 3.63) is 0 Å². The SMILES string of the molecule is NCCCCCC(=O)N[C@@H]1CC[C@H](C(=O)NCC2CCCCC2)C1. The second-order valence-electron chi connectivity index (χ2n) is 7.62. The number of hydrogen-bond acceptors (Lipinski definition) is 3. The molecule has 0 heterocycles. The van der Waals surface area contributed by atoms with Gasteiger partial charge in [-0.15, -0.1) is 0 Å². The Morgan fingerprint density at radius 2 is 1.75 bits per heavy atom. The summed E-state index contributed by atoms with van der Waals surface area (Å²) < 4.78 is 0. The number of nitrogens with one attached hydrogen (secondary N) is 2. The molecule has 2 rings (SSSR count). The Bertz CT molecular complexity index is 394. The predicted molar refractivity (Wildman–Crippen MR) is 96.4 cm³/mol. The Morgan fingerprint density at radius 1 is 0.958 bits per heavy atom. The molecular formula is C19H35N3O2. The average molecular weight is 338 g/mol. The third kappa shape index (κ3) is 6.80. The zero-order valence-corrected chi connectivity index (χ0v) is 15.0. The normalized spacial score (nSPS) is 24.7. The van der Waals surface area contributed by atoms with Crippen molar-refractivity contribution < 1.29 is 9.59 Å². The number of amides is 2. The molecule has 4 N–H and O–H groups in total. The summed E-state index contributed by atoms with van der Waals surface area (Å²) in [6.07, 6.45) is 12.6. The number of carbonyl (C=O) groups is 2. The van der Waals surface area contributed by atoms with Gasteiger partial charge in [-0.3, -0.25) is 9.59 Å². The van der Waals surface area contributed by atoms with E-state index in [4.69, 9.17) is 5.73 Å². The van der Waals surface area contributed by atoms with E-state index in [0.717, 1.165) is 45.1 Å². The van der Waals surface area contributed by atoms with Crippen LogP contribution in [0, 0.1) is 11.8 Å². The molecule has 2 saturated carbocycles. The van der Waals surface area contributed by atoms with E-state index < -0.39 is 0 Å². The maximum Gasteiger partial charge on any atom is 0.223 e. The lowest BCUT2D eigenvalue weighted by Crippen LogP contribution is -2.36. The van der Waals surface area contributed by atoms with Gasteiger partial charge in [0.05, 0.1) is 0 Å². The van der Waals surface area contributed by atoms with Crippen LogP contribution < -0.4 is 16.4 Å². The molecule has 2 aliphatic rings. The van der Waals surface area contributed by atoms with Crippen LogP contribution in [0.5, 0.6) is 0 Å². The maximum atomic E-state index is 12.3. The predicted octanol–water partition coefficient (Wildman–Crippen LogP) is 2.49. The molecule has 0 unspecified atom stereocenters. The van der Waals surface area contributed by atoms with E-state index in [1.165, 1.54) is 32.1 Å². The molecule has 5 nitrogen and oxygen atoms in total. The second-order valence-corrected chi connectivity index (χ2v) is 7.62. The van der Waals surface area contributed by atoms with Crippen LogP contribution in [0.4, 0.5) is 0 Å². The molecule has 0 aromatic carbocycles. The molecule has 138 valence electrons. The van der Waals surface area contributed by atoms with Gasteiger partial charge in [-0.2, -0.15) is 0 Å².